The Morgan fingerprint density at radius 1 is 1.07 bits per heavy atom. The largest absolute Gasteiger partial charge is 0.493 e. The van der Waals surface area contributed by atoms with Crippen LogP contribution in [0.5, 0.6) is 17.2 Å². The normalized spacial score (nSPS) is 10.9. The molecule has 28 heavy (non-hydrogen) atoms. The quantitative estimate of drug-likeness (QED) is 0.596. The molecule has 1 amide bonds. The molecule has 0 aliphatic carbocycles. The number of ether oxygens (including phenoxy) is 3. The first kappa shape index (κ1) is 21.2. The standard InChI is InChI=1S/C21H23F2NO4/c1-4-24(14-15-9-11-18(26-2)19(13-15)27-3)20(25)12-10-16-7-5-6-8-17(16)28-21(22)23/h5-13,21H,4,14H2,1-3H3. The van der Waals surface area contributed by atoms with E-state index in [4.69, 9.17) is 9.47 Å². The summed E-state index contributed by atoms with van der Waals surface area (Å²) in [5, 5.41) is 0. The van der Waals surface area contributed by atoms with Crippen LogP contribution in [0, 0.1) is 0 Å². The second-order valence-corrected chi connectivity index (χ2v) is 5.79. The van der Waals surface area contributed by atoms with Crippen molar-refractivity contribution in [3.63, 3.8) is 0 Å². The average molecular weight is 391 g/mol. The van der Waals surface area contributed by atoms with Gasteiger partial charge in [-0.15, -0.1) is 0 Å². The number of carbonyl (C=O) groups is 1. The molecule has 150 valence electrons. The maximum atomic E-state index is 12.6. The molecule has 0 atom stereocenters. The van der Waals surface area contributed by atoms with E-state index >= 15 is 0 Å². The van der Waals surface area contributed by atoms with Gasteiger partial charge in [0.15, 0.2) is 11.5 Å². The number of benzene rings is 2. The molecule has 0 saturated heterocycles. The Hall–Kier alpha value is -3.09. The summed E-state index contributed by atoms with van der Waals surface area (Å²) in [5.74, 6) is 0.960. The first-order valence-corrected chi connectivity index (χ1v) is 8.70. The van der Waals surface area contributed by atoms with Crippen LogP contribution in [0.15, 0.2) is 48.5 Å². The van der Waals surface area contributed by atoms with Gasteiger partial charge in [-0.1, -0.05) is 24.3 Å². The molecule has 0 spiro atoms. The maximum Gasteiger partial charge on any atom is 0.387 e. The fourth-order valence-electron chi connectivity index (χ4n) is 2.63. The number of para-hydroxylation sites is 1. The highest BCUT2D eigenvalue weighted by molar-refractivity contribution is 5.92. The van der Waals surface area contributed by atoms with Gasteiger partial charge in [0.05, 0.1) is 14.2 Å². The number of alkyl halides is 2. The van der Waals surface area contributed by atoms with Crippen LogP contribution in [0.1, 0.15) is 18.1 Å². The van der Waals surface area contributed by atoms with E-state index in [2.05, 4.69) is 4.74 Å². The Morgan fingerprint density at radius 3 is 2.43 bits per heavy atom. The van der Waals surface area contributed by atoms with Crippen molar-refractivity contribution in [2.45, 2.75) is 20.1 Å². The van der Waals surface area contributed by atoms with Crippen LogP contribution in [0.25, 0.3) is 6.08 Å². The van der Waals surface area contributed by atoms with E-state index in [1.807, 2.05) is 19.1 Å². The summed E-state index contributed by atoms with van der Waals surface area (Å²) in [6.07, 6.45) is 2.81. The summed E-state index contributed by atoms with van der Waals surface area (Å²) in [5.41, 5.74) is 1.28. The number of halogens is 2. The van der Waals surface area contributed by atoms with E-state index in [0.29, 0.717) is 30.2 Å². The van der Waals surface area contributed by atoms with Gasteiger partial charge >= 0.3 is 6.61 Å². The fraction of sp³-hybridized carbons (Fsp3) is 0.286. The third-order valence-corrected chi connectivity index (χ3v) is 4.06. The van der Waals surface area contributed by atoms with Gasteiger partial charge in [0, 0.05) is 24.7 Å². The molecule has 0 aliphatic rings. The zero-order valence-electron chi connectivity index (χ0n) is 16.0. The molecule has 5 nitrogen and oxygen atoms in total. The van der Waals surface area contributed by atoms with Crippen molar-refractivity contribution in [2.75, 3.05) is 20.8 Å². The molecule has 0 N–H and O–H groups in total. The van der Waals surface area contributed by atoms with E-state index in [1.165, 1.54) is 18.2 Å². The average Bonchev–Trinajstić information content (AvgIpc) is 2.70. The summed E-state index contributed by atoms with van der Waals surface area (Å²) in [7, 11) is 3.10. The van der Waals surface area contributed by atoms with Crippen LogP contribution < -0.4 is 14.2 Å². The molecule has 0 radical (unpaired) electrons. The third kappa shape index (κ3) is 5.70. The highest BCUT2D eigenvalue weighted by Crippen LogP contribution is 2.28. The molecule has 0 bridgehead atoms. The Morgan fingerprint density at radius 2 is 1.79 bits per heavy atom. The van der Waals surface area contributed by atoms with E-state index in [1.54, 1.807) is 43.4 Å². The van der Waals surface area contributed by atoms with Crippen LogP contribution in [0.2, 0.25) is 0 Å². The van der Waals surface area contributed by atoms with E-state index in [0.717, 1.165) is 5.56 Å². The maximum absolute atomic E-state index is 12.6. The Balaban J connectivity index is 2.13. The molecule has 0 unspecified atom stereocenters. The number of rotatable bonds is 9. The lowest BCUT2D eigenvalue weighted by molar-refractivity contribution is -0.126. The molecule has 7 heteroatoms. The van der Waals surface area contributed by atoms with Crippen LogP contribution in [-0.2, 0) is 11.3 Å². The molecular formula is C21H23F2NO4. The summed E-state index contributed by atoms with van der Waals surface area (Å²) >= 11 is 0. The van der Waals surface area contributed by atoms with E-state index in [9.17, 15) is 13.6 Å². The smallest absolute Gasteiger partial charge is 0.387 e. The number of methoxy groups -OCH3 is 2. The van der Waals surface area contributed by atoms with E-state index in [-0.39, 0.29) is 11.7 Å². The molecule has 0 saturated carbocycles. The second kappa shape index (κ2) is 10.3. The van der Waals surface area contributed by atoms with Crippen LogP contribution in [0.4, 0.5) is 8.78 Å². The minimum absolute atomic E-state index is 0.0180. The highest BCUT2D eigenvalue weighted by Gasteiger charge is 2.12. The van der Waals surface area contributed by atoms with Gasteiger partial charge in [0.25, 0.3) is 0 Å². The molecular weight excluding hydrogens is 368 g/mol. The summed E-state index contributed by atoms with van der Waals surface area (Å²) < 4.78 is 40.0. The van der Waals surface area contributed by atoms with Crippen LogP contribution in [-0.4, -0.2) is 38.2 Å². The summed E-state index contributed by atoms with van der Waals surface area (Å²) in [4.78, 5) is 14.2. The van der Waals surface area contributed by atoms with Gasteiger partial charge in [0.2, 0.25) is 5.91 Å². The Kier molecular flexibility index (Phi) is 7.80. The third-order valence-electron chi connectivity index (χ3n) is 4.06. The predicted octanol–water partition coefficient (Wildman–Crippen LogP) is 4.37. The predicted molar refractivity (Wildman–Crippen MR) is 103 cm³/mol. The minimum Gasteiger partial charge on any atom is -0.493 e. The number of amides is 1. The topological polar surface area (TPSA) is 48.0 Å². The molecule has 2 rings (SSSR count). The second-order valence-electron chi connectivity index (χ2n) is 5.79. The van der Waals surface area contributed by atoms with E-state index < -0.39 is 6.61 Å². The van der Waals surface area contributed by atoms with Crippen molar-refractivity contribution >= 4 is 12.0 Å². The van der Waals surface area contributed by atoms with Gasteiger partial charge in [-0.25, -0.2) is 0 Å². The Labute approximate surface area is 163 Å². The lowest BCUT2D eigenvalue weighted by Crippen LogP contribution is -2.28. The van der Waals surface area contributed by atoms with Crippen LogP contribution >= 0.6 is 0 Å². The first-order chi connectivity index (χ1) is 13.5. The highest BCUT2D eigenvalue weighted by atomic mass is 19.3. The van der Waals surface area contributed by atoms with Crippen molar-refractivity contribution in [3.05, 3.63) is 59.7 Å². The zero-order chi connectivity index (χ0) is 20.5. The fourth-order valence-corrected chi connectivity index (χ4v) is 2.63. The SMILES string of the molecule is CCN(Cc1ccc(OC)c(OC)c1)C(=O)C=Cc1ccccc1OC(F)F. The lowest BCUT2D eigenvalue weighted by atomic mass is 10.1. The number of hydrogen-bond acceptors (Lipinski definition) is 4. The minimum atomic E-state index is -2.93. The summed E-state index contributed by atoms with van der Waals surface area (Å²) in [6, 6.07) is 11.7. The van der Waals surface area contributed by atoms with Gasteiger partial charge in [-0.3, -0.25) is 4.79 Å². The first-order valence-electron chi connectivity index (χ1n) is 8.70. The Bertz CT molecular complexity index is 824. The zero-order valence-corrected chi connectivity index (χ0v) is 16.0. The summed E-state index contributed by atoms with van der Waals surface area (Å²) in [6.45, 7) is -0.218. The molecule has 0 aliphatic heterocycles. The number of nitrogens with zero attached hydrogens (tertiary/aromatic N) is 1. The lowest BCUT2D eigenvalue weighted by Gasteiger charge is -2.20. The van der Waals surface area contributed by atoms with Crippen molar-refractivity contribution < 1.29 is 27.8 Å². The van der Waals surface area contributed by atoms with Gasteiger partial charge in [0.1, 0.15) is 5.75 Å². The molecule has 0 aromatic heterocycles. The van der Waals surface area contributed by atoms with Crippen molar-refractivity contribution in [1.29, 1.82) is 0 Å². The van der Waals surface area contributed by atoms with Gasteiger partial charge in [-0.2, -0.15) is 8.78 Å². The number of likely N-dealkylation sites (N-methyl/N-ethyl adjacent to an activating group) is 1. The van der Waals surface area contributed by atoms with Gasteiger partial charge in [-0.05, 0) is 36.8 Å². The van der Waals surface area contributed by atoms with Crippen molar-refractivity contribution in [2.24, 2.45) is 0 Å². The molecule has 0 fully saturated rings. The van der Waals surface area contributed by atoms with Crippen molar-refractivity contribution in [1.82, 2.24) is 4.90 Å². The van der Waals surface area contributed by atoms with Crippen molar-refractivity contribution in [3.8, 4) is 17.2 Å². The van der Waals surface area contributed by atoms with Crippen LogP contribution in [0.3, 0.4) is 0 Å². The monoisotopic (exact) mass is 391 g/mol. The number of hydrogen-bond donors (Lipinski definition) is 0. The molecule has 2 aromatic carbocycles. The molecule has 2 aromatic rings. The molecule has 0 heterocycles. The van der Waals surface area contributed by atoms with Gasteiger partial charge < -0.3 is 19.1 Å². The number of carbonyl (C=O) groups excluding carboxylic acids is 1.